The van der Waals surface area contributed by atoms with Crippen LogP contribution in [0.15, 0.2) is 47.8 Å². The first-order valence-electron chi connectivity index (χ1n) is 10.1. The van der Waals surface area contributed by atoms with E-state index in [0.717, 1.165) is 11.3 Å². The Bertz CT molecular complexity index is 1100. The van der Waals surface area contributed by atoms with Crippen molar-refractivity contribution in [3.63, 3.8) is 0 Å². The highest BCUT2D eigenvalue weighted by Crippen LogP contribution is 2.36. The van der Waals surface area contributed by atoms with Gasteiger partial charge in [0.2, 0.25) is 5.91 Å². The molecule has 1 aromatic heterocycles. The molecule has 3 rings (SSSR count). The summed E-state index contributed by atoms with van der Waals surface area (Å²) in [6.45, 7) is 4.18. The lowest BCUT2D eigenvalue weighted by Gasteiger charge is -2.10. The van der Waals surface area contributed by atoms with E-state index in [1.807, 2.05) is 13.0 Å². The van der Waals surface area contributed by atoms with Gasteiger partial charge < -0.3 is 14.8 Å². The van der Waals surface area contributed by atoms with E-state index >= 15 is 0 Å². The number of carbonyl (C=O) groups excluding carboxylic acids is 2. The molecule has 0 spiro atoms. The summed E-state index contributed by atoms with van der Waals surface area (Å²) < 4.78 is 24.2. The van der Waals surface area contributed by atoms with Crippen LogP contribution in [0.4, 0.5) is 9.39 Å². The highest BCUT2D eigenvalue weighted by Gasteiger charge is 2.22. The van der Waals surface area contributed by atoms with Crippen LogP contribution >= 0.6 is 22.9 Å². The van der Waals surface area contributed by atoms with Crippen molar-refractivity contribution in [2.75, 3.05) is 18.5 Å². The Morgan fingerprint density at radius 3 is 2.59 bits per heavy atom. The lowest BCUT2D eigenvalue weighted by molar-refractivity contribution is -0.116. The Labute approximate surface area is 195 Å². The number of thiophene rings is 1. The fourth-order valence-electron chi connectivity index (χ4n) is 3.08. The quantitative estimate of drug-likeness (QED) is 0.284. The first kappa shape index (κ1) is 23.8. The fourth-order valence-corrected chi connectivity index (χ4v) is 4.28. The normalized spacial score (nSPS) is 10.6. The van der Waals surface area contributed by atoms with Gasteiger partial charge >= 0.3 is 5.97 Å². The number of nitrogens with one attached hydrogen (secondary N) is 1. The van der Waals surface area contributed by atoms with Crippen LogP contribution in [0, 0.1) is 12.7 Å². The molecule has 168 valence electrons. The summed E-state index contributed by atoms with van der Waals surface area (Å²) in [6.07, 6.45) is 0.720. The molecule has 32 heavy (non-hydrogen) atoms. The largest absolute Gasteiger partial charge is 0.493 e. The summed E-state index contributed by atoms with van der Waals surface area (Å²) in [5.41, 5.74) is 2.45. The van der Waals surface area contributed by atoms with Crippen LogP contribution in [-0.2, 0) is 9.53 Å². The zero-order valence-electron chi connectivity index (χ0n) is 17.7. The average molecular weight is 476 g/mol. The molecule has 5 nitrogen and oxygen atoms in total. The van der Waals surface area contributed by atoms with Crippen molar-refractivity contribution in [2.45, 2.75) is 26.7 Å². The Morgan fingerprint density at radius 1 is 1.16 bits per heavy atom. The summed E-state index contributed by atoms with van der Waals surface area (Å²) in [7, 11) is 0. The van der Waals surface area contributed by atoms with Gasteiger partial charge in [-0.05, 0) is 61.7 Å². The smallest absolute Gasteiger partial charge is 0.341 e. The molecule has 3 aromatic rings. The van der Waals surface area contributed by atoms with Gasteiger partial charge in [-0.25, -0.2) is 9.18 Å². The van der Waals surface area contributed by atoms with Gasteiger partial charge in [-0.15, -0.1) is 11.3 Å². The predicted octanol–water partition coefficient (Wildman–Crippen LogP) is 6.49. The number of hydrogen-bond acceptors (Lipinski definition) is 5. The minimum Gasteiger partial charge on any atom is -0.493 e. The molecule has 0 aliphatic rings. The Kier molecular flexibility index (Phi) is 8.25. The third-order valence-corrected chi connectivity index (χ3v) is 5.75. The predicted molar refractivity (Wildman–Crippen MR) is 125 cm³/mol. The van der Waals surface area contributed by atoms with E-state index < -0.39 is 5.97 Å². The van der Waals surface area contributed by atoms with Gasteiger partial charge in [0.05, 0.1) is 13.2 Å². The third kappa shape index (κ3) is 6.08. The van der Waals surface area contributed by atoms with Crippen molar-refractivity contribution >= 4 is 39.8 Å². The number of benzene rings is 2. The molecule has 0 radical (unpaired) electrons. The van der Waals surface area contributed by atoms with Crippen molar-refractivity contribution in [1.29, 1.82) is 0 Å². The lowest BCUT2D eigenvalue weighted by Crippen LogP contribution is -2.15. The Morgan fingerprint density at radius 2 is 1.91 bits per heavy atom. The Balaban J connectivity index is 1.64. The van der Waals surface area contributed by atoms with Gasteiger partial charge in [0, 0.05) is 22.4 Å². The maximum absolute atomic E-state index is 13.3. The van der Waals surface area contributed by atoms with Gasteiger partial charge in [-0.3, -0.25) is 4.79 Å². The fraction of sp³-hybridized carbons (Fsp3) is 0.250. The molecule has 1 amide bonds. The molecule has 0 saturated heterocycles. The van der Waals surface area contributed by atoms with Gasteiger partial charge in [-0.2, -0.15) is 0 Å². The van der Waals surface area contributed by atoms with Crippen molar-refractivity contribution in [2.24, 2.45) is 0 Å². The van der Waals surface area contributed by atoms with E-state index in [1.165, 1.54) is 23.5 Å². The molecule has 0 bridgehead atoms. The monoisotopic (exact) mass is 475 g/mol. The number of esters is 1. The second kappa shape index (κ2) is 11.1. The number of aryl methyl sites for hydroxylation is 1. The molecule has 1 heterocycles. The average Bonchev–Trinajstić information content (AvgIpc) is 3.16. The first-order chi connectivity index (χ1) is 15.4. The second-order valence-corrected chi connectivity index (χ2v) is 8.31. The topological polar surface area (TPSA) is 64.6 Å². The molecular weight excluding hydrogens is 453 g/mol. The zero-order chi connectivity index (χ0) is 23.1. The summed E-state index contributed by atoms with van der Waals surface area (Å²) >= 11 is 7.17. The van der Waals surface area contributed by atoms with Crippen molar-refractivity contribution in [3.8, 4) is 16.9 Å². The van der Waals surface area contributed by atoms with Crippen molar-refractivity contribution < 1.29 is 23.5 Å². The molecule has 0 saturated carbocycles. The molecule has 8 heteroatoms. The summed E-state index contributed by atoms with van der Waals surface area (Å²) in [5.74, 6) is -0.419. The molecule has 0 aliphatic carbocycles. The van der Waals surface area contributed by atoms with Crippen LogP contribution in [0.1, 0.15) is 35.7 Å². The number of ether oxygens (including phenoxy) is 2. The molecule has 2 aromatic carbocycles. The van der Waals surface area contributed by atoms with Crippen LogP contribution in [0.5, 0.6) is 5.75 Å². The standard InChI is InChI=1S/C24H23ClFNO4S/c1-3-30-24(29)22-19(16-6-9-18(26)10-7-16)14-32-23(22)27-21(28)5-4-12-31-20-11-8-17(25)13-15(20)2/h6-11,13-14H,3-5,12H2,1-2H3,(H,27,28). The molecule has 0 atom stereocenters. The van der Waals surface area contributed by atoms with Crippen LogP contribution in [0.3, 0.4) is 0 Å². The van der Waals surface area contributed by atoms with Crippen LogP contribution in [-0.4, -0.2) is 25.1 Å². The van der Waals surface area contributed by atoms with E-state index in [4.69, 9.17) is 21.1 Å². The highest BCUT2D eigenvalue weighted by atomic mass is 35.5. The minimum absolute atomic E-state index is 0.201. The van der Waals surface area contributed by atoms with Crippen molar-refractivity contribution in [1.82, 2.24) is 0 Å². The number of halogens is 2. The molecule has 0 unspecified atom stereocenters. The Hall–Kier alpha value is -2.90. The SMILES string of the molecule is CCOC(=O)c1c(-c2ccc(F)cc2)csc1NC(=O)CCCOc1ccc(Cl)cc1C. The van der Waals surface area contributed by atoms with E-state index in [0.29, 0.717) is 34.2 Å². The number of carbonyl (C=O) groups is 2. The number of anilines is 1. The summed E-state index contributed by atoms with van der Waals surface area (Å²) in [5, 5.41) is 5.60. The van der Waals surface area contributed by atoms with Gasteiger partial charge in [0.1, 0.15) is 22.1 Å². The highest BCUT2D eigenvalue weighted by molar-refractivity contribution is 7.15. The maximum atomic E-state index is 13.3. The van der Waals surface area contributed by atoms with Crippen LogP contribution in [0.25, 0.3) is 11.1 Å². The van der Waals surface area contributed by atoms with Gasteiger partial charge in [0.15, 0.2) is 0 Å². The van der Waals surface area contributed by atoms with E-state index in [2.05, 4.69) is 5.32 Å². The number of hydrogen-bond donors (Lipinski definition) is 1. The number of rotatable bonds is 9. The van der Waals surface area contributed by atoms with Crippen LogP contribution < -0.4 is 10.1 Å². The van der Waals surface area contributed by atoms with E-state index in [1.54, 1.807) is 36.6 Å². The summed E-state index contributed by atoms with van der Waals surface area (Å²) in [6, 6.07) is 11.2. The van der Waals surface area contributed by atoms with E-state index in [9.17, 15) is 14.0 Å². The van der Waals surface area contributed by atoms with Crippen LogP contribution in [0.2, 0.25) is 5.02 Å². The molecule has 0 aliphatic heterocycles. The third-order valence-electron chi connectivity index (χ3n) is 4.62. The first-order valence-corrected chi connectivity index (χ1v) is 11.4. The molecule has 1 N–H and O–H groups in total. The second-order valence-electron chi connectivity index (χ2n) is 6.99. The maximum Gasteiger partial charge on any atom is 0.341 e. The molecule has 0 fully saturated rings. The number of amides is 1. The van der Waals surface area contributed by atoms with Gasteiger partial charge in [-0.1, -0.05) is 23.7 Å². The van der Waals surface area contributed by atoms with E-state index in [-0.39, 0.29) is 30.3 Å². The minimum atomic E-state index is -0.537. The van der Waals surface area contributed by atoms with Crippen molar-refractivity contribution in [3.05, 3.63) is 69.8 Å². The van der Waals surface area contributed by atoms with Gasteiger partial charge in [0.25, 0.3) is 0 Å². The molecular formula is C24H23ClFNO4S. The summed E-state index contributed by atoms with van der Waals surface area (Å²) in [4.78, 5) is 25.1. The lowest BCUT2D eigenvalue weighted by atomic mass is 10.0. The zero-order valence-corrected chi connectivity index (χ0v) is 19.3.